The van der Waals surface area contributed by atoms with E-state index in [0.29, 0.717) is 0 Å². The maximum Gasteiger partial charge on any atom is 0.227 e. The first kappa shape index (κ1) is 20.1. The Hall–Kier alpha value is -3.18. The lowest BCUT2D eigenvalue weighted by Crippen LogP contribution is -2.47. The summed E-state index contributed by atoms with van der Waals surface area (Å²) in [4.78, 5) is 14.2. The number of hydrogen-bond acceptors (Lipinski definition) is 5. The van der Waals surface area contributed by atoms with Gasteiger partial charge in [0.05, 0.1) is 0 Å². The van der Waals surface area contributed by atoms with Crippen molar-refractivity contribution in [1.29, 1.82) is 0 Å². The predicted molar refractivity (Wildman–Crippen MR) is 125 cm³/mol. The van der Waals surface area contributed by atoms with Crippen molar-refractivity contribution < 1.29 is 0 Å². The normalized spacial score (nSPS) is 14.9. The molecule has 154 valence electrons. The van der Waals surface area contributed by atoms with Gasteiger partial charge in [-0.25, -0.2) is 4.98 Å². The van der Waals surface area contributed by atoms with Crippen LogP contribution in [0, 0.1) is 6.92 Å². The van der Waals surface area contributed by atoms with E-state index < -0.39 is 0 Å². The van der Waals surface area contributed by atoms with Crippen LogP contribution < -0.4 is 10.2 Å². The lowest BCUT2D eigenvalue weighted by atomic mass is 10.2. The molecule has 0 atom stereocenters. The molecule has 4 rings (SSSR count). The Bertz CT molecular complexity index is 948. The largest absolute Gasteiger partial charge is 0.366 e. The number of nitrogens with one attached hydrogen (secondary N) is 1. The smallest absolute Gasteiger partial charge is 0.227 e. The number of anilines is 2. The van der Waals surface area contributed by atoms with E-state index in [1.165, 1.54) is 11.1 Å². The summed E-state index contributed by atoms with van der Waals surface area (Å²) in [7, 11) is 0. The molecule has 1 aliphatic rings. The Morgan fingerprint density at radius 3 is 2.33 bits per heavy atom. The molecule has 1 aromatic heterocycles. The number of hydrogen-bond donors (Lipinski definition) is 1. The minimum atomic E-state index is 0.762. The topological polar surface area (TPSA) is 44.3 Å². The van der Waals surface area contributed by atoms with Gasteiger partial charge in [0.1, 0.15) is 5.82 Å². The van der Waals surface area contributed by atoms with E-state index >= 15 is 0 Å². The molecule has 0 bridgehead atoms. The average Bonchev–Trinajstić information content (AvgIpc) is 2.79. The number of piperazine rings is 1. The van der Waals surface area contributed by atoms with E-state index in [2.05, 4.69) is 80.8 Å². The van der Waals surface area contributed by atoms with Gasteiger partial charge in [-0.2, -0.15) is 4.98 Å². The fourth-order valence-electron chi connectivity index (χ4n) is 3.61. The predicted octanol–water partition coefficient (Wildman–Crippen LogP) is 4.23. The molecule has 0 aliphatic carbocycles. The molecule has 2 aromatic carbocycles. The summed E-state index contributed by atoms with van der Waals surface area (Å²) in [5.74, 6) is 1.71. The van der Waals surface area contributed by atoms with Gasteiger partial charge in [-0.3, -0.25) is 4.90 Å². The molecule has 1 aliphatic heterocycles. The van der Waals surface area contributed by atoms with E-state index in [4.69, 9.17) is 4.98 Å². The highest BCUT2D eigenvalue weighted by molar-refractivity contribution is 5.49. The van der Waals surface area contributed by atoms with Crippen LogP contribution in [0.3, 0.4) is 0 Å². The molecule has 0 spiro atoms. The van der Waals surface area contributed by atoms with Crippen molar-refractivity contribution in [3.05, 3.63) is 89.6 Å². The fraction of sp³-hybridized carbons (Fsp3) is 0.280. The molecule has 1 fully saturated rings. The van der Waals surface area contributed by atoms with Crippen LogP contribution in [-0.4, -0.2) is 47.6 Å². The Labute approximate surface area is 179 Å². The quantitative estimate of drug-likeness (QED) is 0.644. The fourth-order valence-corrected chi connectivity index (χ4v) is 3.61. The molecular formula is C25H29N5. The van der Waals surface area contributed by atoms with Gasteiger partial charge in [0.2, 0.25) is 5.95 Å². The van der Waals surface area contributed by atoms with Gasteiger partial charge in [-0.1, -0.05) is 72.8 Å². The second-order valence-electron chi connectivity index (χ2n) is 7.63. The Kier molecular flexibility index (Phi) is 6.72. The lowest BCUT2D eigenvalue weighted by Gasteiger charge is -2.34. The maximum atomic E-state index is 4.77. The molecule has 2 heterocycles. The van der Waals surface area contributed by atoms with Crippen LogP contribution in [-0.2, 0) is 6.54 Å². The highest BCUT2D eigenvalue weighted by Gasteiger charge is 2.19. The number of nitrogens with zero attached hydrogens (tertiary/aromatic N) is 4. The van der Waals surface area contributed by atoms with Gasteiger partial charge in [-0.15, -0.1) is 0 Å². The third-order valence-corrected chi connectivity index (χ3v) is 5.29. The van der Waals surface area contributed by atoms with E-state index in [1.54, 1.807) is 0 Å². The third kappa shape index (κ3) is 5.67. The van der Waals surface area contributed by atoms with Crippen molar-refractivity contribution in [3.8, 4) is 0 Å². The van der Waals surface area contributed by atoms with Crippen molar-refractivity contribution >= 4 is 17.8 Å². The Morgan fingerprint density at radius 1 is 0.900 bits per heavy atom. The average molecular weight is 400 g/mol. The highest BCUT2D eigenvalue weighted by atomic mass is 15.3. The minimum Gasteiger partial charge on any atom is -0.366 e. The van der Waals surface area contributed by atoms with E-state index in [9.17, 15) is 0 Å². The first-order chi connectivity index (χ1) is 14.8. The molecule has 30 heavy (non-hydrogen) atoms. The summed E-state index contributed by atoms with van der Waals surface area (Å²) >= 11 is 0. The van der Waals surface area contributed by atoms with Gasteiger partial charge in [0, 0.05) is 51.0 Å². The first-order valence-corrected chi connectivity index (χ1v) is 10.6. The number of aromatic nitrogens is 2. The standard InChI is InChI=1S/C25H29N5/c1-21-19-24(26-20-23-11-6-3-7-12-23)28-25(27-21)30-17-15-29(16-18-30)14-8-13-22-9-4-2-5-10-22/h2-13,19H,14-18,20H2,1H3,(H,26,27,28)/b13-8+. The summed E-state index contributed by atoms with van der Waals surface area (Å²) in [5, 5.41) is 3.44. The second-order valence-corrected chi connectivity index (χ2v) is 7.63. The van der Waals surface area contributed by atoms with Gasteiger partial charge < -0.3 is 10.2 Å². The monoisotopic (exact) mass is 399 g/mol. The van der Waals surface area contributed by atoms with E-state index in [1.807, 2.05) is 25.1 Å². The summed E-state index contributed by atoms with van der Waals surface area (Å²) < 4.78 is 0. The molecule has 0 unspecified atom stereocenters. The van der Waals surface area contributed by atoms with Crippen LogP contribution in [0.25, 0.3) is 6.08 Å². The van der Waals surface area contributed by atoms with Crippen molar-refractivity contribution in [2.75, 3.05) is 42.9 Å². The van der Waals surface area contributed by atoms with Gasteiger partial charge in [0.15, 0.2) is 0 Å². The minimum absolute atomic E-state index is 0.762. The van der Waals surface area contributed by atoms with Crippen molar-refractivity contribution in [1.82, 2.24) is 14.9 Å². The molecule has 5 heteroatoms. The van der Waals surface area contributed by atoms with Crippen molar-refractivity contribution in [2.24, 2.45) is 0 Å². The van der Waals surface area contributed by atoms with Gasteiger partial charge >= 0.3 is 0 Å². The zero-order valence-electron chi connectivity index (χ0n) is 17.5. The third-order valence-electron chi connectivity index (χ3n) is 5.29. The maximum absolute atomic E-state index is 4.77. The summed E-state index contributed by atoms with van der Waals surface area (Å²) in [6.45, 7) is 7.69. The van der Waals surface area contributed by atoms with Crippen LogP contribution in [0.5, 0.6) is 0 Å². The summed E-state index contributed by atoms with van der Waals surface area (Å²) in [6.07, 6.45) is 4.44. The zero-order valence-corrected chi connectivity index (χ0v) is 17.5. The first-order valence-electron chi connectivity index (χ1n) is 10.6. The molecule has 1 saturated heterocycles. The van der Waals surface area contributed by atoms with Crippen molar-refractivity contribution in [2.45, 2.75) is 13.5 Å². The summed E-state index contributed by atoms with van der Waals surface area (Å²) in [5.41, 5.74) is 3.48. The lowest BCUT2D eigenvalue weighted by molar-refractivity contribution is 0.283. The molecule has 0 radical (unpaired) electrons. The van der Waals surface area contributed by atoms with Crippen molar-refractivity contribution in [3.63, 3.8) is 0 Å². The van der Waals surface area contributed by atoms with Crippen LogP contribution in [0.1, 0.15) is 16.8 Å². The van der Waals surface area contributed by atoms with E-state index in [-0.39, 0.29) is 0 Å². The SMILES string of the molecule is Cc1cc(NCc2ccccc2)nc(N2CCN(C/C=C/c3ccccc3)CC2)n1. The van der Waals surface area contributed by atoms with Crippen LogP contribution in [0.15, 0.2) is 72.8 Å². The zero-order chi connectivity index (χ0) is 20.6. The van der Waals surface area contributed by atoms with Gasteiger partial charge in [0.25, 0.3) is 0 Å². The molecule has 0 saturated carbocycles. The summed E-state index contributed by atoms with van der Waals surface area (Å²) in [6, 6.07) is 22.9. The van der Waals surface area contributed by atoms with Crippen LogP contribution >= 0.6 is 0 Å². The molecule has 0 amide bonds. The second kappa shape index (κ2) is 10.0. The molecule has 1 N–H and O–H groups in total. The number of aryl methyl sites for hydroxylation is 1. The molecule has 3 aromatic rings. The molecular weight excluding hydrogens is 370 g/mol. The van der Waals surface area contributed by atoms with Crippen LogP contribution in [0.4, 0.5) is 11.8 Å². The highest BCUT2D eigenvalue weighted by Crippen LogP contribution is 2.16. The molecule has 5 nitrogen and oxygen atoms in total. The number of benzene rings is 2. The van der Waals surface area contributed by atoms with E-state index in [0.717, 1.165) is 56.7 Å². The Morgan fingerprint density at radius 2 is 1.60 bits per heavy atom. The number of rotatable bonds is 7. The Balaban J connectivity index is 1.30. The van der Waals surface area contributed by atoms with Gasteiger partial charge in [-0.05, 0) is 18.1 Å². The van der Waals surface area contributed by atoms with Crippen LogP contribution in [0.2, 0.25) is 0 Å².